The van der Waals surface area contributed by atoms with Gasteiger partial charge in [0.25, 0.3) is 5.91 Å². The Hall–Kier alpha value is -2.99. The van der Waals surface area contributed by atoms with Crippen LogP contribution in [-0.2, 0) is 0 Å². The van der Waals surface area contributed by atoms with Gasteiger partial charge in [0.05, 0.1) is 12.7 Å². The van der Waals surface area contributed by atoms with Gasteiger partial charge in [-0.05, 0) is 30.3 Å². The van der Waals surface area contributed by atoms with Crippen molar-refractivity contribution in [3.05, 3.63) is 69.5 Å². The quantitative estimate of drug-likeness (QED) is 0.632. The molecule has 0 aliphatic carbocycles. The van der Waals surface area contributed by atoms with Crippen LogP contribution in [0.5, 0.6) is 5.75 Å². The molecule has 1 amide bonds. The Morgan fingerprint density at radius 3 is 2.57 bits per heavy atom. The molecule has 1 aliphatic heterocycles. The molecule has 1 saturated heterocycles. The molecule has 144 valence electrons. The number of anilines is 1. The third-order valence-electron chi connectivity index (χ3n) is 4.92. The van der Waals surface area contributed by atoms with Crippen LogP contribution in [0.15, 0.2) is 57.7 Å². The summed E-state index contributed by atoms with van der Waals surface area (Å²) in [5.74, 6) is 0.393. The van der Waals surface area contributed by atoms with E-state index in [0.29, 0.717) is 53.5 Å². The van der Waals surface area contributed by atoms with Gasteiger partial charge in [-0.3, -0.25) is 4.79 Å². The van der Waals surface area contributed by atoms with Crippen LogP contribution in [0.1, 0.15) is 10.4 Å². The van der Waals surface area contributed by atoms with Crippen LogP contribution in [0.2, 0.25) is 5.02 Å². The van der Waals surface area contributed by atoms with E-state index in [2.05, 4.69) is 4.90 Å². The number of rotatable bonds is 3. The maximum Gasteiger partial charge on any atom is 0.337 e. The number of nitrogens with zero attached hydrogens (tertiary/aromatic N) is 2. The third-order valence-corrected chi connectivity index (χ3v) is 5.16. The number of piperazine rings is 1. The average Bonchev–Trinajstić information content (AvgIpc) is 2.72. The smallest absolute Gasteiger partial charge is 0.337 e. The molecule has 0 atom stereocenters. The first kappa shape index (κ1) is 18.4. The van der Waals surface area contributed by atoms with Crippen molar-refractivity contribution in [2.75, 3.05) is 38.2 Å². The molecule has 2 heterocycles. The highest BCUT2D eigenvalue weighted by molar-refractivity contribution is 6.30. The summed E-state index contributed by atoms with van der Waals surface area (Å²) in [7, 11) is 1.54. The molecule has 0 N–H and O–H groups in total. The molecule has 0 unspecified atom stereocenters. The van der Waals surface area contributed by atoms with Gasteiger partial charge in [-0.1, -0.05) is 17.7 Å². The number of carbonyl (C=O) groups is 1. The molecule has 0 saturated carbocycles. The zero-order valence-electron chi connectivity index (χ0n) is 15.4. The van der Waals surface area contributed by atoms with E-state index in [1.807, 2.05) is 24.3 Å². The number of halogens is 1. The lowest BCUT2D eigenvalue weighted by molar-refractivity contribution is 0.0748. The van der Waals surface area contributed by atoms with Crippen molar-refractivity contribution in [2.24, 2.45) is 0 Å². The monoisotopic (exact) mass is 398 g/mol. The van der Waals surface area contributed by atoms with E-state index >= 15 is 0 Å². The van der Waals surface area contributed by atoms with Gasteiger partial charge in [0.2, 0.25) is 0 Å². The van der Waals surface area contributed by atoms with Crippen LogP contribution in [0.3, 0.4) is 0 Å². The van der Waals surface area contributed by atoms with Crippen molar-refractivity contribution >= 4 is 34.2 Å². The number of hydrogen-bond donors (Lipinski definition) is 0. The van der Waals surface area contributed by atoms with Gasteiger partial charge in [0.15, 0.2) is 0 Å². The van der Waals surface area contributed by atoms with E-state index < -0.39 is 5.63 Å². The van der Waals surface area contributed by atoms with Gasteiger partial charge in [-0.25, -0.2) is 4.79 Å². The van der Waals surface area contributed by atoms with Crippen molar-refractivity contribution in [3.63, 3.8) is 0 Å². The zero-order valence-corrected chi connectivity index (χ0v) is 16.1. The minimum absolute atomic E-state index is 0.172. The van der Waals surface area contributed by atoms with Gasteiger partial charge in [-0.2, -0.15) is 0 Å². The standard InChI is InChI=1S/C21H19ClN2O4/c1-27-16-5-6-17-18(13-20(25)28-19(17)12-16)21(26)24-9-7-23(8-10-24)15-4-2-3-14(22)11-15/h2-6,11-13H,7-10H2,1H3. The first-order valence-electron chi connectivity index (χ1n) is 8.97. The molecule has 3 aromatic rings. The lowest BCUT2D eigenvalue weighted by Gasteiger charge is -2.36. The largest absolute Gasteiger partial charge is 0.497 e. The topological polar surface area (TPSA) is 63.0 Å². The highest BCUT2D eigenvalue weighted by Crippen LogP contribution is 2.25. The number of fused-ring (bicyclic) bond motifs is 1. The van der Waals surface area contributed by atoms with E-state index in [0.717, 1.165) is 5.69 Å². The molecule has 0 radical (unpaired) electrons. The Bertz CT molecular complexity index is 1090. The van der Waals surface area contributed by atoms with Gasteiger partial charge >= 0.3 is 5.63 Å². The first-order valence-corrected chi connectivity index (χ1v) is 9.34. The Labute approximate surface area is 166 Å². The minimum atomic E-state index is -0.554. The van der Waals surface area contributed by atoms with E-state index in [4.69, 9.17) is 20.8 Å². The van der Waals surface area contributed by atoms with Crippen molar-refractivity contribution in [1.82, 2.24) is 4.90 Å². The first-order chi connectivity index (χ1) is 13.5. The average molecular weight is 399 g/mol. The molecule has 0 bridgehead atoms. The van der Waals surface area contributed by atoms with E-state index in [9.17, 15) is 9.59 Å². The highest BCUT2D eigenvalue weighted by Gasteiger charge is 2.24. The van der Waals surface area contributed by atoms with Crippen LogP contribution in [0.25, 0.3) is 11.0 Å². The summed E-state index contributed by atoms with van der Waals surface area (Å²) in [6.07, 6.45) is 0. The van der Waals surface area contributed by atoms with Gasteiger partial charge < -0.3 is 19.0 Å². The molecule has 7 heteroatoms. The third kappa shape index (κ3) is 3.55. The lowest BCUT2D eigenvalue weighted by atomic mass is 10.1. The Morgan fingerprint density at radius 1 is 1.07 bits per heavy atom. The SMILES string of the molecule is COc1ccc2c(C(=O)N3CCN(c4cccc(Cl)c4)CC3)cc(=O)oc2c1. The molecule has 4 rings (SSSR count). The highest BCUT2D eigenvalue weighted by atomic mass is 35.5. The molecule has 1 fully saturated rings. The fraction of sp³-hybridized carbons (Fsp3) is 0.238. The molecule has 6 nitrogen and oxygen atoms in total. The normalized spacial score (nSPS) is 14.4. The Balaban J connectivity index is 1.56. The van der Waals surface area contributed by atoms with Crippen molar-refractivity contribution in [1.29, 1.82) is 0 Å². The summed E-state index contributed by atoms with van der Waals surface area (Å²) < 4.78 is 10.4. The second-order valence-corrected chi connectivity index (χ2v) is 7.04. The van der Waals surface area contributed by atoms with E-state index in [1.54, 1.807) is 23.1 Å². The van der Waals surface area contributed by atoms with E-state index in [1.165, 1.54) is 13.2 Å². The molecule has 1 aromatic heterocycles. The van der Waals surface area contributed by atoms with Crippen LogP contribution in [0, 0.1) is 0 Å². The van der Waals surface area contributed by atoms with Gasteiger partial charge in [-0.15, -0.1) is 0 Å². The van der Waals surface area contributed by atoms with Crippen LogP contribution in [-0.4, -0.2) is 44.1 Å². The fourth-order valence-corrected chi connectivity index (χ4v) is 3.64. The molecule has 1 aliphatic rings. The minimum Gasteiger partial charge on any atom is -0.497 e. The number of methoxy groups -OCH3 is 1. The summed E-state index contributed by atoms with van der Waals surface area (Å²) in [6, 6.07) is 14.0. The van der Waals surface area contributed by atoms with Crippen molar-refractivity contribution < 1.29 is 13.9 Å². The summed E-state index contributed by atoms with van der Waals surface area (Å²) in [5, 5.41) is 1.29. The fourth-order valence-electron chi connectivity index (χ4n) is 3.46. The van der Waals surface area contributed by atoms with Gasteiger partial charge in [0.1, 0.15) is 11.3 Å². The summed E-state index contributed by atoms with van der Waals surface area (Å²) in [5.41, 5.74) is 1.18. The second-order valence-electron chi connectivity index (χ2n) is 6.60. The van der Waals surface area contributed by atoms with Crippen molar-refractivity contribution in [3.8, 4) is 5.75 Å². The maximum absolute atomic E-state index is 13.1. The molecule has 28 heavy (non-hydrogen) atoms. The Kier molecular flexibility index (Phi) is 4.96. The molecular weight excluding hydrogens is 380 g/mol. The van der Waals surface area contributed by atoms with Crippen LogP contribution in [0.4, 0.5) is 5.69 Å². The summed E-state index contributed by atoms with van der Waals surface area (Å²) >= 11 is 6.08. The van der Waals surface area contributed by atoms with E-state index in [-0.39, 0.29) is 5.91 Å². The second kappa shape index (κ2) is 7.56. The van der Waals surface area contributed by atoms with Crippen molar-refractivity contribution in [2.45, 2.75) is 0 Å². The lowest BCUT2D eigenvalue weighted by Crippen LogP contribution is -2.49. The number of benzene rings is 2. The number of ether oxygens (including phenoxy) is 1. The van der Waals surface area contributed by atoms with Crippen LogP contribution < -0.4 is 15.3 Å². The Morgan fingerprint density at radius 2 is 1.86 bits per heavy atom. The zero-order chi connectivity index (χ0) is 19.7. The van der Waals surface area contributed by atoms with Gasteiger partial charge in [0, 0.05) is 54.4 Å². The number of carbonyl (C=O) groups excluding carboxylic acids is 1. The summed E-state index contributed by atoms with van der Waals surface area (Å²) in [4.78, 5) is 29.0. The molecular formula is C21H19ClN2O4. The maximum atomic E-state index is 13.1. The van der Waals surface area contributed by atoms with Crippen LogP contribution >= 0.6 is 11.6 Å². The molecule has 2 aromatic carbocycles. The predicted octanol–water partition coefficient (Wildman–Crippen LogP) is 3.42. The predicted molar refractivity (Wildman–Crippen MR) is 109 cm³/mol. The summed E-state index contributed by atoms with van der Waals surface area (Å²) in [6.45, 7) is 2.50. The molecule has 0 spiro atoms. The number of hydrogen-bond acceptors (Lipinski definition) is 5. The number of amides is 1.